The van der Waals surface area contributed by atoms with Crippen molar-refractivity contribution in [2.45, 2.75) is 19.9 Å². The number of ether oxygens (including phenoxy) is 2. The molecule has 0 amide bonds. The summed E-state index contributed by atoms with van der Waals surface area (Å²) in [6, 6.07) is 9.47. The van der Waals surface area contributed by atoms with E-state index in [2.05, 4.69) is 15.6 Å². The molecule has 0 saturated carbocycles. The summed E-state index contributed by atoms with van der Waals surface area (Å²) in [6.07, 6.45) is 0.222. The van der Waals surface area contributed by atoms with E-state index in [4.69, 9.17) is 9.47 Å². The van der Waals surface area contributed by atoms with E-state index in [0.29, 0.717) is 37.1 Å². The highest BCUT2D eigenvalue weighted by Gasteiger charge is 2.08. The van der Waals surface area contributed by atoms with Gasteiger partial charge in [0.25, 0.3) is 0 Å². The van der Waals surface area contributed by atoms with Crippen molar-refractivity contribution in [1.82, 2.24) is 10.6 Å². The van der Waals surface area contributed by atoms with Crippen LogP contribution in [0.15, 0.2) is 41.4 Å². The maximum atomic E-state index is 13.7. The Kier molecular flexibility index (Phi) is 7.85. The number of halogens is 2. The van der Waals surface area contributed by atoms with E-state index in [1.807, 2.05) is 25.1 Å². The van der Waals surface area contributed by atoms with Gasteiger partial charge in [-0.15, -0.1) is 0 Å². The summed E-state index contributed by atoms with van der Waals surface area (Å²) >= 11 is 0. The molecule has 2 aromatic rings. The maximum absolute atomic E-state index is 13.7. The van der Waals surface area contributed by atoms with E-state index in [1.165, 1.54) is 18.2 Å². The molecule has 0 unspecified atom stereocenters. The third-order valence-corrected chi connectivity index (χ3v) is 3.94. The highest BCUT2D eigenvalue weighted by Crippen LogP contribution is 2.27. The van der Waals surface area contributed by atoms with Crippen LogP contribution in [0.5, 0.6) is 11.5 Å². The van der Waals surface area contributed by atoms with Crippen molar-refractivity contribution in [3.63, 3.8) is 0 Å². The standard InChI is InChI=1S/C20H25F2N3O2/c1-4-23-20(24-11-10-15-16(21)6-5-7-17(15)22)25-13-14-8-9-18(26-2)19(12-14)27-3/h5-9,12H,4,10-11,13H2,1-3H3,(H2,23,24,25). The summed E-state index contributed by atoms with van der Waals surface area (Å²) in [5.41, 5.74) is 1.02. The molecule has 146 valence electrons. The van der Waals surface area contributed by atoms with Gasteiger partial charge in [0.15, 0.2) is 17.5 Å². The van der Waals surface area contributed by atoms with Gasteiger partial charge in [0.1, 0.15) is 11.6 Å². The topological polar surface area (TPSA) is 54.9 Å². The molecule has 0 aromatic heterocycles. The molecule has 0 bridgehead atoms. The number of aliphatic imine (C=N–C) groups is 1. The Labute approximate surface area is 158 Å². The Morgan fingerprint density at radius 1 is 1.00 bits per heavy atom. The van der Waals surface area contributed by atoms with Crippen LogP contribution in [0.1, 0.15) is 18.1 Å². The van der Waals surface area contributed by atoms with Gasteiger partial charge in [-0.2, -0.15) is 0 Å². The highest BCUT2D eigenvalue weighted by molar-refractivity contribution is 5.79. The monoisotopic (exact) mass is 377 g/mol. The smallest absolute Gasteiger partial charge is 0.191 e. The van der Waals surface area contributed by atoms with Gasteiger partial charge >= 0.3 is 0 Å². The summed E-state index contributed by atoms with van der Waals surface area (Å²) in [5.74, 6) is 0.789. The Hall–Kier alpha value is -2.83. The van der Waals surface area contributed by atoms with Gasteiger partial charge < -0.3 is 20.1 Å². The van der Waals surface area contributed by atoms with E-state index in [1.54, 1.807) is 14.2 Å². The van der Waals surface area contributed by atoms with E-state index in [9.17, 15) is 8.78 Å². The third kappa shape index (κ3) is 5.84. The van der Waals surface area contributed by atoms with Crippen LogP contribution in [0.2, 0.25) is 0 Å². The normalized spacial score (nSPS) is 11.2. The summed E-state index contributed by atoms with van der Waals surface area (Å²) in [4.78, 5) is 4.50. The minimum absolute atomic E-state index is 0.0701. The number of hydrogen-bond donors (Lipinski definition) is 2. The summed E-state index contributed by atoms with van der Waals surface area (Å²) in [7, 11) is 3.17. The van der Waals surface area contributed by atoms with Crippen molar-refractivity contribution in [3.05, 3.63) is 59.2 Å². The van der Waals surface area contributed by atoms with Crippen molar-refractivity contribution in [3.8, 4) is 11.5 Å². The SMILES string of the molecule is CCNC(=NCc1ccc(OC)c(OC)c1)NCCc1c(F)cccc1F. The second-order valence-corrected chi connectivity index (χ2v) is 5.76. The third-order valence-electron chi connectivity index (χ3n) is 3.94. The molecular formula is C20H25F2N3O2. The molecule has 7 heteroatoms. The second-order valence-electron chi connectivity index (χ2n) is 5.76. The fraction of sp³-hybridized carbons (Fsp3) is 0.350. The highest BCUT2D eigenvalue weighted by atomic mass is 19.1. The molecule has 5 nitrogen and oxygen atoms in total. The van der Waals surface area contributed by atoms with Crippen molar-refractivity contribution < 1.29 is 18.3 Å². The van der Waals surface area contributed by atoms with Crippen molar-refractivity contribution in [1.29, 1.82) is 0 Å². The van der Waals surface area contributed by atoms with Gasteiger partial charge in [0.2, 0.25) is 0 Å². The van der Waals surface area contributed by atoms with Crippen LogP contribution in [-0.4, -0.2) is 33.3 Å². The minimum Gasteiger partial charge on any atom is -0.493 e. The molecule has 0 heterocycles. The first-order valence-electron chi connectivity index (χ1n) is 8.75. The summed E-state index contributed by atoms with van der Waals surface area (Å²) < 4.78 is 37.9. The van der Waals surface area contributed by atoms with Crippen LogP contribution >= 0.6 is 0 Å². The zero-order chi connectivity index (χ0) is 19.6. The zero-order valence-corrected chi connectivity index (χ0v) is 15.8. The molecule has 0 aliphatic heterocycles. The summed E-state index contributed by atoms with van der Waals surface area (Å²) in [5, 5.41) is 6.21. The molecule has 27 heavy (non-hydrogen) atoms. The zero-order valence-electron chi connectivity index (χ0n) is 15.8. The Morgan fingerprint density at radius 2 is 1.70 bits per heavy atom. The molecule has 0 fully saturated rings. The first-order valence-corrected chi connectivity index (χ1v) is 8.75. The van der Waals surface area contributed by atoms with Gasteiger partial charge in [0.05, 0.1) is 20.8 Å². The lowest BCUT2D eigenvalue weighted by Gasteiger charge is -2.12. The van der Waals surface area contributed by atoms with Gasteiger partial charge in [-0.3, -0.25) is 0 Å². The van der Waals surface area contributed by atoms with Gasteiger partial charge in [-0.05, 0) is 43.2 Å². The first-order chi connectivity index (χ1) is 13.1. The molecular weight excluding hydrogens is 352 g/mol. The number of benzene rings is 2. The molecule has 2 N–H and O–H groups in total. The average molecular weight is 377 g/mol. The fourth-order valence-corrected chi connectivity index (χ4v) is 2.57. The number of nitrogens with one attached hydrogen (secondary N) is 2. The molecule has 0 aliphatic carbocycles. The van der Waals surface area contributed by atoms with Crippen molar-refractivity contribution in [2.75, 3.05) is 27.3 Å². The number of nitrogens with zero attached hydrogens (tertiary/aromatic N) is 1. The molecule has 0 radical (unpaired) electrons. The van der Waals surface area contributed by atoms with E-state index < -0.39 is 11.6 Å². The Balaban J connectivity index is 2.00. The van der Waals surface area contributed by atoms with Crippen LogP contribution in [0.3, 0.4) is 0 Å². The predicted octanol–water partition coefficient (Wildman–Crippen LogP) is 3.28. The van der Waals surface area contributed by atoms with Crippen LogP contribution in [0.4, 0.5) is 8.78 Å². The largest absolute Gasteiger partial charge is 0.493 e. The van der Waals surface area contributed by atoms with Crippen LogP contribution in [0.25, 0.3) is 0 Å². The molecule has 0 spiro atoms. The molecule has 0 atom stereocenters. The lowest BCUT2D eigenvalue weighted by molar-refractivity contribution is 0.354. The molecule has 2 aromatic carbocycles. The van der Waals surface area contributed by atoms with E-state index in [0.717, 1.165) is 5.56 Å². The lowest BCUT2D eigenvalue weighted by atomic mass is 10.1. The van der Waals surface area contributed by atoms with E-state index >= 15 is 0 Å². The quantitative estimate of drug-likeness (QED) is 0.548. The van der Waals surface area contributed by atoms with Gasteiger partial charge in [-0.1, -0.05) is 12.1 Å². The van der Waals surface area contributed by atoms with Crippen LogP contribution in [0, 0.1) is 11.6 Å². The molecule has 0 saturated heterocycles. The number of hydrogen-bond acceptors (Lipinski definition) is 3. The number of methoxy groups -OCH3 is 2. The summed E-state index contributed by atoms with van der Waals surface area (Å²) in [6.45, 7) is 3.40. The van der Waals surface area contributed by atoms with E-state index in [-0.39, 0.29) is 12.0 Å². The number of guanidine groups is 1. The van der Waals surface area contributed by atoms with Crippen molar-refractivity contribution >= 4 is 5.96 Å². The van der Waals surface area contributed by atoms with Crippen molar-refractivity contribution in [2.24, 2.45) is 4.99 Å². The molecule has 0 aliphatic rings. The first kappa shape index (κ1) is 20.5. The maximum Gasteiger partial charge on any atom is 0.191 e. The second kappa shape index (κ2) is 10.4. The fourth-order valence-electron chi connectivity index (χ4n) is 2.57. The van der Waals surface area contributed by atoms with Crippen LogP contribution in [-0.2, 0) is 13.0 Å². The minimum atomic E-state index is -0.538. The molecule has 2 rings (SSSR count). The number of rotatable bonds is 8. The van der Waals surface area contributed by atoms with Crippen LogP contribution < -0.4 is 20.1 Å². The predicted molar refractivity (Wildman–Crippen MR) is 102 cm³/mol. The lowest BCUT2D eigenvalue weighted by Crippen LogP contribution is -2.38. The Bertz CT molecular complexity index is 762. The van der Waals surface area contributed by atoms with Gasteiger partial charge in [0, 0.05) is 18.7 Å². The van der Waals surface area contributed by atoms with Gasteiger partial charge in [-0.25, -0.2) is 13.8 Å². The average Bonchev–Trinajstić information content (AvgIpc) is 2.68. The Morgan fingerprint density at radius 3 is 2.33 bits per heavy atom.